The molecule has 112 valence electrons. The highest BCUT2D eigenvalue weighted by atomic mass is 79.9. The Morgan fingerprint density at radius 1 is 1.19 bits per heavy atom. The van der Waals surface area contributed by atoms with Crippen LogP contribution in [0.4, 0.5) is 24.7 Å². The van der Waals surface area contributed by atoms with Crippen molar-refractivity contribution in [3.8, 4) is 5.75 Å². The zero-order valence-electron chi connectivity index (χ0n) is 10.6. The molecule has 0 radical (unpaired) electrons. The van der Waals surface area contributed by atoms with Crippen LogP contribution in [-0.4, -0.2) is 11.3 Å². The second-order valence-electron chi connectivity index (χ2n) is 4.14. The van der Waals surface area contributed by atoms with E-state index in [-0.39, 0.29) is 10.2 Å². The summed E-state index contributed by atoms with van der Waals surface area (Å²) in [6.07, 6.45) is -3.09. The van der Waals surface area contributed by atoms with Crippen molar-refractivity contribution in [2.75, 3.05) is 5.32 Å². The van der Waals surface area contributed by atoms with E-state index in [9.17, 15) is 13.2 Å². The molecule has 0 fully saturated rings. The maximum Gasteiger partial charge on any atom is 0.573 e. The van der Waals surface area contributed by atoms with E-state index in [1.54, 1.807) is 6.20 Å². The van der Waals surface area contributed by atoms with Crippen LogP contribution in [-0.2, 0) is 0 Å². The summed E-state index contributed by atoms with van der Waals surface area (Å²) >= 11 is 6.36. The van der Waals surface area contributed by atoms with Gasteiger partial charge in [-0.25, -0.2) is 4.98 Å². The number of hydrogen-bond donors (Lipinski definition) is 1. The third-order valence-corrected chi connectivity index (χ3v) is 3.52. The second-order valence-corrected chi connectivity index (χ2v) is 5.91. The van der Waals surface area contributed by atoms with E-state index in [1.165, 1.54) is 18.2 Å². The molecular weight excluding hydrogens is 417 g/mol. The SMILES string of the molecule is Cc1cc(Br)cnc1Nc1ccc(OC(F)(F)F)c(Br)c1. The van der Waals surface area contributed by atoms with Gasteiger partial charge < -0.3 is 10.1 Å². The maximum absolute atomic E-state index is 12.2. The van der Waals surface area contributed by atoms with Crippen molar-refractivity contribution in [2.24, 2.45) is 0 Å². The van der Waals surface area contributed by atoms with Crippen LogP contribution >= 0.6 is 31.9 Å². The average Bonchev–Trinajstić information content (AvgIpc) is 2.35. The van der Waals surface area contributed by atoms with Gasteiger partial charge in [0.15, 0.2) is 0 Å². The molecule has 0 saturated heterocycles. The summed E-state index contributed by atoms with van der Waals surface area (Å²) < 4.78 is 41.5. The van der Waals surface area contributed by atoms with Crippen molar-refractivity contribution >= 4 is 43.4 Å². The van der Waals surface area contributed by atoms with Gasteiger partial charge >= 0.3 is 6.36 Å². The molecule has 0 bridgehead atoms. The number of pyridine rings is 1. The third kappa shape index (κ3) is 4.60. The highest BCUT2D eigenvalue weighted by Crippen LogP contribution is 2.33. The minimum Gasteiger partial charge on any atom is -0.405 e. The van der Waals surface area contributed by atoms with Gasteiger partial charge in [0.1, 0.15) is 11.6 Å². The first-order valence-corrected chi connectivity index (χ1v) is 7.28. The number of nitrogens with one attached hydrogen (secondary N) is 1. The number of nitrogens with zero attached hydrogens (tertiary/aromatic N) is 1. The Morgan fingerprint density at radius 3 is 2.48 bits per heavy atom. The highest BCUT2D eigenvalue weighted by Gasteiger charge is 2.31. The molecule has 1 aromatic carbocycles. The molecule has 0 unspecified atom stereocenters. The predicted molar refractivity (Wildman–Crippen MR) is 80.8 cm³/mol. The summed E-state index contributed by atoms with van der Waals surface area (Å²) in [5.41, 5.74) is 1.49. The lowest BCUT2D eigenvalue weighted by molar-refractivity contribution is -0.274. The normalized spacial score (nSPS) is 11.3. The summed E-state index contributed by atoms with van der Waals surface area (Å²) in [5.74, 6) is 0.322. The number of hydrogen-bond acceptors (Lipinski definition) is 3. The summed E-state index contributed by atoms with van der Waals surface area (Å²) in [6, 6.07) is 6.08. The molecule has 0 aliphatic heterocycles. The quantitative estimate of drug-likeness (QED) is 0.699. The lowest BCUT2D eigenvalue weighted by Crippen LogP contribution is -2.17. The fraction of sp³-hybridized carbons (Fsp3) is 0.154. The second kappa shape index (κ2) is 6.23. The van der Waals surface area contributed by atoms with Crippen LogP contribution in [0.5, 0.6) is 5.75 Å². The van der Waals surface area contributed by atoms with Gasteiger partial charge in [-0.05, 0) is 68.6 Å². The largest absolute Gasteiger partial charge is 0.573 e. The van der Waals surface area contributed by atoms with E-state index < -0.39 is 6.36 Å². The molecule has 2 rings (SSSR count). The van der Waals surface area contributed by atoms with E-state index in [0.29, 0.717) is 11.5 Å². The molecule has 0 aliphatic carbocycles. The number of alkyl halides is 3. The number of aromatic nitrogens is 1. The van der Waals surface area contributed by atoms with Gasteiger partial charge in [-0.1, -0.05) is 0 Å². The molecule has 1 aromatic heterocycles. The number of ether oxygens (including phenoxy) is 1. The first kappa shape index (κ1) is 16.1. The Kier molecular flexibility index (Phi) is 4.77. The van der Waals surface area contributed by atoms with E-state index in [0.717, 1.165) is 10.0 Å². The molecule has 0 atom stereocenters. The number of aryl methyl sites for hydroxylation is 1. The Bertz CT molecular complexity index is 662. The third-order valence-electron chi connectivity index (χ3n) is 2.47. The Hall–Kier alpha value is -1.28. The number of rotatable bonds is 3. The lowest BCUT2D eigenvalue weighted by Gasteiger charge is -2.13. The number of benzene rings is 1. The molecule has 3 nitrogen and oxygen atoms in total. The summed E-state index contributed by atoms with van der Waals surface area (Å²) in [7, 11) is 0. The van der Waals surface area contributed by atoms with Crippen molar-refractivity contribution in [3.05, 3.63) is 45.0 Å². The summed E-state index contributed by atoms with van der Waals surface area (Å²) in [6.45, 7) is 1.87. The number of halogens is 5. The molecule has 1 heterocycles. The van der Waals surface area contributed by atoms with Crippen LogP contribution in [0.1, 0.15) is 5.56 Å². The summed E-state index contributed by atoms with van der Waals surface area (Å²) in [5, 5.41) is 3.03. The molecule has 0 aliphatic rings. The molecule has 8 heteroatoms. The van der Waals surface area contributed by atoms with Crippen LogP contribution < -0.4 is 10.1 Å². The van der Waals surface area contributed by atoms with Crippen LogP contribution in [0.15, 0.2) is 39.4 Å². The minimum absolute atomic E-state index is 0.194. The highest BCUT2D eigenvalue weighted by molar-refractivity contribution is 9.10. The van der Waals surface area contributed by atoms with E-state index >= 15 is 0 Å². The predicted octanol–water partition coefficient (Wildman–Crippen LogP) is 5.56. The van der Waals surface area contributed by atoms with Gasteiger partial charge in [0.2, 0.25) is 0 Å². The van der Waals surface area contributed by atoms with Crippen LogP contribution in [0.2, 0.25) is 0 Å². The standard InChI is InChI=1S/C13H9Br2F3N2O/c1-7-4-8(14)6-19-12(7)20-9-2-3-11(10(15)5-9)21-13(16,17)18/h2-6H,1H3,(H,19,20). The van der Waals surface area contributed by atoms with Gasteiger partial charge in [-0.15, -0.1) is 13.2 Å². The van der Waals surface area contributed by atoms with Crippen LogP contribution in [0, 0.1) is 6.92 Å². The van der Waals surface area contributed by atoms with Gasteiger partial charge in [-0.2, -0.15) is 0 Å². The molecule has 21 heavy (non-hydrogen) atoms. The Balaban J connectivity index is 2.20. The molecule has 1 N–H and O–H groups in total. The molecule has 0 spiro atoms. The topological polar surface area (TPSA) is 34.2 Å². The molecule has 0 saturated carbocycles. The smallest absolute Gasteiger partial charge is 0.405 e. The van der Waals surface area contributed by atoms with Crippen molar-refractivity contribution in [1.82, 2.24) is 4.98 Å². The summed E-state index contributed by atoms with van der Waals surface area (Å²) in [4.78, 5) is 4.20. The van der Waals surface area contributed by atoms with Crippen LogP contribution in [0.25, 0.3) is 0 Å². The molecule has 2 aromatic rings. The Morgan fingerprint density at radius 2 is 1.90 bits per heavy atom. The van der Waals surface area contributed by atoms with Crippen molar-refractivity contribution < 1.29 is 17.9 Å². The fourth-order valence-electron chi connectivity index (χ4n) is 1.59. The average molecular weight is 426 g/mol. The van der Waals surface area contributed by atoms with E-state index in [4.69, 9.17) is 0 Å². The lowest BCUT2D eigenvalue weighted by atomic mass is 10.2. The maximum atomic E-state index is 12.2. The van der Waals surface area contributed by atoms with Gasteiger partial charge in [0, 0.05) is 16.4 Å². The Labute approximate surface area is 135 Å². The first-order chi connectivity index (χ1) is 9.74. The monoisotopic (exact) mass is 424 g/mol. The van der Waals surface area contributed by atoms with E-state index in [1.807, 2.05) is 13.0 Å². The zero-order valence-corrected chi connectivity index (χ0v) is 13.8. The first-order valence-electron chi connectivity index (χ1n) is 5.69. The van der Waals surface area contributed by atoms with Crippen molar-refractivity contribution in [2.45, 2.75) is 13.3 Å². The van der Waals surface area contributed by atoms with Crippen molar-refractivity contribution in [3.63, 3.8) is 0 Å². The minimum atomic E-state index is -4.72. The van der Waals surface area contributed by atoms with Crippen molar-refractivity contribution in [1.29, 1.82) is 0 Å². The zero-order chi connectivity index (χ0) is 15.6. The van der Waals surface area contributed by atoms with Gasteiger partial charge in [0.25, 0.3) is 0 Å². The van der Waals surface area contributed by atoms with E-state index in [2.05, 4.69) is 46.9 Å². The molecule has 0 amide bonds. The molecular formula is C13H9Br2F3N2O. The van der Waals surface area contributed by atoms with Gasteiger partial charge in [-0.3, -0.25) is 0 Å². The van der Waals surface area contributed by atoms with Crippen LogP contribution in [0.3, 0.4) is 0 Å². The van der Waals surface area contributed by atoms with Gasteiger partial charge in [0.05, 0.1) is 4.47 Å². The fourth-order valence-corrected chi connectivity index (χ4v) is 2.50. The number of anilines is 2.